The van der Waals surface area contributed by atoms with Gasteiger partial charge in [0.25, 0.3) is 0 Å². The molecule has 0 radical (unpaired) electrons. The highest BCUT2D eigenvalue weighted by Gasteiger charge is 2.33. The van der Waals surface area contributed by atoms with Crippen molar-refractivity contribution in [3.8, 4) is 0 Å². The first kappa shape index (κ1) is 15.1. The van der Waals surface area contributed by atoms with Crippen LogP contribution in [0.2, 0.25) is 0 Å². The predicted octanol–water partition coefficient (Wildman–Crippen LogP) is 1.53. The second-order valence-electron chi connectivity index (χ2n) is 4.79. The van der Waals surface area contributed by atoms with Crippen molar-refractivity contribution in [2.75, 3.05) is 32.8 Å². The molecule has 1 aliphatic rings. The Bertz CT molecular complexity index is 288. The molecule has 0 saturated carbocycles. The fraction of sp³-hybridized carbons (Fsp3) is 0.909. The van der Waals surface area contributed by atoms with Crippen LogP contribution in [0.15, 0.2) is 4.99 Å². The Balaban J connectivity index is 2.36. The fourth-order valence-corrected chi connectivity index (χ4v) is 1.48. The summed E-state index contributed by atoms with van der Waals surface area (Å²) >= 11 is 0. The Labute approximate surface area is 105 Å². The van der Waals surface area contributed by atoms with Gasteiger partial charge in [-0.3, -0.25) is 4.99 Å². The molecule has 4 nitrogen and oxygen atoms in total. The molecule has 18 heavy (non-hydrogen) atoms. The fourth-order valence-electron chi connectivity index (χ4n) is 1.48. The minimum absolute atomic E-state index is 0.0202. The zero-order chi connectivity index (χ0) is 13.6. The number of guanidine groups is 1. The molecule has 0 spiro atoms. The van der Waals surface area contributed by atoms with Gasteiger partial charge in [0.05, 0.1) is 26.2 Å². The Hall–Kier alpha value is -0.980. The highest BCUT2D eigenvalue weighted by molar-refractivity contribution is 5.79. The second-order valence-corrected chi connectivity index (χ2v) is 4.79. The van der Waals surface area contributed by atoms with Crippen molar-refractivity contribution in [2.45, 2.75) is 26.4 Å². The molecule has 1 saturated heterocycles. The van der Waals surface area contributed by atoms with Crippen LogP contribution in [0.4, 0.5) is 13.2 Å². The van der Waals surface area contributed by atoms with Gasteiger partial charge in [-0.2, -0.15) is 13.2 Å². The minimum atomic E-state index is -4.14. The number of nitrogens with zero attached hydrogens (tertiary/aromatic N) is 1. The summed E-state index contributed by atoms with van der Waals surface area (Å²) in [5.41, 5.74) is 0.0202. The lowest BCUT2D eigenvalue weighted by atomic mass is 9.89. The number of ether oxygens (including phenoxy) is 1. The summed E-state index contributed by atoms with van der Waals surface area (Å²) in [5, 5.41) is 5.60. The van der Waals surface area contributed by atoms with Crippen LogP contribution in [0.3, 0.4) is 0 Å². The van der Waals surface area contributed by atoms with Gasteiger partial charge >= 0.3 is 6.18 Å². The molecule has 106 valence electrons. The maximum atomic E-state index is 12.0. The van der Waals surface area contributed by atoms with Crippen LogP contribution < -0.4 is 10.6 Å². The first-order valence-electron chi connectivity index (χ1n) is 6.01. The average Bonchev–Trinajstić information content (AvgIpc) is 2.21. The van der Waals surface area contributed by atoms with Crippen LogP contribution in [-0.4, -0.2) is 45.0 Å². The van der Waals surface area contributed by atoms with E-state index in [0.29, 0.717) is 32.3 Å². The third kappa shape index (κ3) is 5.57. The van der Waals surface area contributed by atoms with Crippen LogP contribution in [0.5, 0.6) is 0 Å². The van der Waals surface area contributed by atoms with Crippen molar-refractivity contribution >= 4 is 5.96 Å². The topological polar surface area (TPSA) is 45.7 Å². The van der Waals surface area contributed by atoms with E-state index in [-0.39, 0.29) is 12.0 Å². The molecule has 0 aromatic rings. The maximum Gasteiger partial charge on any atom is 0.390 e. The van der Waals surface area contributed by atoms with Crippen LogP contribution in [0.25, 0.3) is 0 Å². The zero-order valence-electron chi connectivity index (χ0n) is 10.7. The summed E-state index contributed by atoms with van der Waals surface area (Å²) in [6.07, 6.45) is -5.00. The summed E-state index contributed by atoms with van der Waals surface area (Å²) in [7, 11) is 0. The van der Waals surface area contributed by atoms with Gasteiger partial charge in [-0.15, -0.1) is 0 Å². The number of rotatable bonds is 5. The normalized spacial score (nSPS) is 19.3. The second kappa shape index (κ2) is 6.26. The van der Waals surface area contributed by atoms with Gasteiger partial charge in [-0.1, -0.05) is 6.92 Å². The van der Waals surface area contributed by atoms with E-state index in [4.69, 9.17) is 4.74 Å². The lowest BCUT2D eigenvalue weighted by Gasteiger charge is -2.36. The van der Waals surface area contributed by atoms with Crippen molar-refractivity contribution in [1.82, 2.24) is 10.6 Å². The first-order chi connectivity index (χ1) is 8.35. The van der Waals surface area contributed by atoms with Crippen molar-refractivity contribution in [3.05, 3.63) is 0 Å². The Kier molecular flexibility index (Phi) is 5.25. The van der Waals surface area contributed by atoms with E-state index >= 15 is 0 Å². The summed E-state index contributed by atoms with van der Waals surface area (Å²) < 4.78 is 41.1. The molecule has 0 atom stereocenters. The van der Waals surface area contributed by atoms with Crippen LogP contribution in [0.1, 0.15) is 20.3 Å². The molecule has 0 unspecified atom stereocenters. The molecule has 1 heterocycles. The van der Waals surface area contributed by atoms with Crippen LogP contribution >= 0.6 is 0 Å². The number of hydrogen-bond donors (Lipinski definition) is 2. The summed E-state index contributed by atoms with van der Waals surface area (Å²) in [6, 6.07) is 0. The molecular weight excluding hydrogens is 247 g/mol. The largest absolute Gasteiger partial charge is 0.390 e. The lowest BCUT2D eigenvalue weighted by molar-refractivity contribution is -0.132. The number of alkyl halides is 3. The smallest absolute Gasteiger partial charge is 0.380 e. The minimum Gasteiger partial charge on any atom is -0.380 e. The monoisotopic (exact) mass is 267 g/mol. The maximum absolute atomic E-state index is 12.0. The lowest BCUT2D eigenvalue weighted by Crippen LogP contribution is -2.44. The molecule has 2 N–H and O–H groups in total. The van der Waals surface area contributed by atoms with Crippen molar-refractivity contribution in [2.24, 2.45) is 10.4 Å². The molecule has 0 aromatic carbocycles. The van der Waals surface area contributed by atoms with Crippen molar-refractivity contribution in [1.29, 1.82) is 0 Å². The van der Waals surface area contributed by atoms with Crippen LogP contribution in [-0.2, 0) is 4.74 Å². The van der Waals surface area contributed by atoms with Gasteiger partial charge in [0, 0.05) is 18.5 Å². The van der Waals surface area contributed by atoms with Crippen molar-refractivity contribution < 1.29 is 17.9 Å². The highest BCUT2D eigenvalue weighted by atomic mass is 19.4. The van der Waals surface area contributed by atoms with Crippen molar-refractivity contribution in [3.63, 3.8) is 0 Å². The predicted molar refractivity (Wildman–Crippen MR) is 63.6 cm³/mol. The third-order valence-corrected chi connectivity index (χ3v) is 2.57. The van der Waals surface area contributed by atoms with E-state index in [0.717, 1.165) is 0 Å². The number of hydrogen-bond acceptors (Lipinski definition) is 2. The molecule has 1 fully saturated rings. The van der Waals surface area contributed by atoms with E-state index in [1.165, 1.54) is 0 Å². The van der Waals surface area contributed by atoms with Crippen LogP contribution in [0, 0.1) is 5.41 Å². The Morgan fingerprint density at radius 2 is 2.00 bits per heavy atom. The van der Waals surface area contributed by atoms with Gasteiger partial charge in [0.15, 0.2) is 5.96 Å². The average molecular weight is 267 g/mol. The summed E-state index contributed by atoms with van der Waals surface area (Å²) in [6.45, 7) is 6.22. The van der Waals surface area contributed by atoms with E-state index in [1.807, 2.05) is 13.8 Å². The van der Waals surface area contributed by atoms with Gasteiger partial charge in [-0.05, 0) is 6.92 Å². The molecular formula is C11H20F3N3O. The van der Waals surface area contributed by atoms with Gasteiger partial charge < -0.3 is 15.4 Å². The SMILES string of the molecule is CCNC(=NCC1(C)COC1)NCCC(F)(F)F. The number of nitrogens with one attached hydrogen (secondary N) is 2. The molecule has 0 amide bonds. The van der Waals surface area contributed by atoms with E-state index in [1.54, 1.807) is 0 Å². The zero-order valence-corrected chi connectivity index (χ0v) is 10.7. The Morgan fingerprint density at radius 3 is 2.44 bits per heavy atom. The Morgan fingerprint density at radius 1 is 1.33 bits per heavy atom. The van der Waals surface area contributed by atoms with Gasteiger partial charge in [0.2, 0.25) is 0 Å². The van der Waals surface area contributed by atoms with Gasteiger partial charge in [0.1, 0.15) is 0 Å². The number of aliphatic imine (C=N–C) groups is 1. The van der Waals surface area contributed by atoms with Gasteiger partial charge in [-0.25, -0.2) is 0 Å². The quantitative estimate of drug-likeness (QED) is 0.586. The number of halogens is 3. The molecule has 1 aliphatic heterocycles. The molecule has 0 aromatic heterocycles. The molecule has 1 rings (SSSR count). The summed E-state index contributed by atoms with van der Waals surface area (Å²) in [4.78, 5) is 4.27. The standard InChI is InChI=1S/C11H20F3N3O/c1-3-15-9(16-5-4-11(12,13)14)17-6-10(2)7-18-8-10/h3-8H2,1-2H3,(H2,15,16,17). The first-order valence-corrected chi connectivity index (χ1v) is 6.01. The van der Waals surface area contributed by atoms with E-state index in [2.05, 4.69) is 15.6 Å². The third-order valence-electron chi connectivity index (χ3n) is 2.57. The molecule has 7 heteroatoms. The van der Waals surface area contributed by atoms with E-state index < -0.39 is 12.6 Å². The summed E-state index contributed by atoms with van der Waals surface area (Å²) in [5.74, 6) is 0.426. The molecule has 0 bridgehead atoms. The highest BCUT2D eigenvalue weighted by Crippen LogP contribution is 2.26. The van der Waals surface area contributed by atoms with E-state index in [9.17, 15) is 13.2 Å². The molecule has 0 aliphatic carbocycles.